The molecule has 1 N–H and O–H groups in total. The van der Waals surface area contributed by atoms with Crippen LogP contribution in [0.1, 0.15) is 52.2 Å². The van der Waals surface area contributed by atoms with Gasteiger partial charge in [-0.15, -0.1) is 0 Å². The normalized spacial score (nSPS) is 11.9. The molecule has 0 amide bonds. The summed E-state index contributed by atoms with van der Waals surface area (Å²) in [5, 5.41) is 3.50. The van der Waals surface area contributed by atoms with Gasteiger partial charge in [-0.05, 0) is 37.3 Å². The summed E-state index contributed by atoms with van der Waals surface area (Å²) in [5.41, 5.74) is 2.87. The summed E-state index contributed by atoms with van der Waals surface area (Å²) in [4.78, 5) is 0. The molecule has 0 saturated heterocycles. The lowest BCUT2D eigenvalue weighted by Crippen LogP contribution is -2.20. The van der Waals surface area contributed by atoms with Crippen molar-refractivity contribution in [3.05, 3.63) is 29.3 Å². The Kier molecular flexibility index (Phi) is 6.54. The lowest BCUT2D eigenvalue weighted by molar-refractivity contribution is 0.241. The number of benzene rings is 1. The minimum atomic E-state index is 0.320. The molecule has 1 aromatic carbocycles. The number of ether oxygens (including phenoxy) is 1. The van der Waals surface area contributed by atoms with E-state index in [1.54, 1.807) is 0 Å². The molecule has 0 atom stereocenters. The van der Waals surface area contributed by atoms with E-state index in [-0.39, 0.29) is 0 Å². The third-order valence-corrected chi connectivity index (χ3v) is 3.19. The molecule has 0 spiro atoms. The van der Waals surface area contributed by atoms with Crippen LogP contribution >= 0.6 is 0 Å². The number of rotatable bonds is 7. The lowest BCUT2D eigenvalue weighted by atomic mass is 9.93. The molecular formula is C18H31NO. The van der Waals surface area contributed by atoms with Crippen LogP contribution in [0.2, 0.25) is 0 Å². The Bertz CT molecular complexity index is 404. The van der Waals surface area contributed by atoms with Gasteiger partial charge in [-0.1, -0.05) is 52.3 Å². The first-order chi connectivity index (χ1) is 9.28. The first-order valence-electron chi connectivity index (χ1n) is 7.71. The quantitative estimate of drug-likeness (QED) is 0.789. The summed E-state index contributed by atoms with van der Waals surface area (Å²) in [6, 6.07) is 6.45. The van der Waals surface area contributed by atoms with Gasteiger partial charge in [0.25, 0.3) is 0 Å². The SMILES string of the molecule is Cc1ccc(OCCC(C)(C)C)c(CNCC(C)C)c1. The number of hydrogen-bond donors (Lipinski definition) is 1. The van der Waals surface area contributed by atoms with Crippen LogP contribution in [-0.2, 0) is 6.54 Å². The summed E-state index contributed by atoms with van der Waals surface area (Å²) in [6.45, 7) is 16.0. The molecule has 0 aliphatic carbocycles. The summed E-state index contributed by atoms with van der Waals surface area (Å²) in [7, 11) is 0. The highest BCUT2D eigenvalue weighted by Crippen LogP contribution is 2.23. The van der Waals surface area contributed by atoms with Crippen LogP contribution in [0, 0.1) is 18.3 Å². The smallest absolute Gasteiger partial charge is 0.123 e. The van der Waals surface area contributed by atoms with Gasteiger partial charge in [0.2, 0.25) is 0 Å². The van der Waals surface area contributed by atoms with Crippen LogP contribution in [0.5, 0.6) is 5.75 Å². The van der Waals surface area contributed by atoms with Gasteiger partial charge in [-0.3, -0.25) is 0 Å². The highest BCUT2D eigenvalue weighted by molar-refractivity contribution is 5.36. The van der Waals surface area contributed by atoms with Crippen molar-refractivity contribution in [2.24, 2.45) is 11.3 Å². The zero-order valence-electron chi connectivity index (χ0n) is 14.0. The van der Waals surface area contributed by atoms with Crippen LogP contribution in [0.15, 0.2) is 18.2 Å². The molecular weight excluding hydrogens is 246 g/mol. The molecule has 0 saturated carbocycles. The fraction of sp³-hybridized carbons (Fsp3) is 0.667. The number of aryl methyl sites for hydroxylation is 1. The van der Waals surface area contributed by atoms with E-state index in [1.165, 1.54) is 11.1 Å². The Labute approximate surface area is 124 Å². The van der Waals surface area contributed by atoms with Crippen molar-refractivity contribution in [2.75, 3.05) is 13.2 Å². The van der Waals surface area contributed by atoms with Crippen molar-refractivity contribution in [1.82, 2.24) is 5.32 Å². The van der Waals surface area contributed by atoms with Crippen molar-refractivity contribution in [3.63, 3.8) is 0 Å². The van der Waals surface area contributed by atoms with Gasteiger partial charge in [-0.2, -0.15) is 0 Å². The van der Waals surface area contributed by atoms with Crippen molar-refractivity contribution in [3.8, 4) is 5.75 Å². The Morgan fingerprint density at radius 2 is 1.90 bits per heavy atom. The first kappa shape index (κ1) is 17.0. The molecule has 114 valence electrons. The third kappa shape index (κ3) is 6.95. The molecule has 1 aromatic rings. The van der Waals surface area contributed by atoms with Gasteiger partial charge in [0.1, 0.15) is 5.75 Å². The molecule has 0 radical (unpaired) electrons. The molecule has 0 unspecified atom stereocenters. The van der Waals surface area contributed by atoms with Crippen LogP contribution in [0.4, 0.5) is 0 Å². The van der Waals surface area contributed by atoms with Crippen molar-refractivity contribution < 1.29 is 4.74 Å². The predicted molar refractivity (Wildman–Crippen MR) is 87.3 cm³/mol. The maximum Gasteiger partial charge on any atom is 0.123 e. The van der Waals surface area contributed by atoms with E-state index in [9.17, 15) is 0 Å². The molecule has 0 heterocycles. The second kappa shape index (κ2) is 7.68. The zero-order valence-corrected chi connectivity index (χ0v) is 14.0. The summed E-state index contributed by atoms with van der Waals surface area (Å²) < 4.78 is 5.99. The molecule has 0 aliphatic rings. The van der Waals surface area contributed by atoms with Crippen LogP contribution < -0.4 is 10.1 Å². The van der Waals surface area contributed by atoms with Gasteiger partial charge < -0.3 is 10.1 Å². The van der Waals surface area contributed by atoms with E-state index in [0.717, 1.165) is 31.9 Å². The van der Waals surface area contributed by atoms with E-state index >= 15 is 0 Å². The molecule has 2 heteroatoms. The Hall–Kier alpha value is -1.02. The predicted octanol–water partition coefficient (Wildman–Crippen LogP) is 4.56. The van der Waals surface area contributed by atoms with Crippen molar-refractivity contribution in [2.45, 2.75) is 54.5 Å². The van der Waals surface area contributed by atoms with Gasteiger partial charge in [0.05, 0.1) is 6.61 Å². The van der Waals surface area contributed by atoms with Gasteiger partial charge in [-0.25, -0.2) is 0 Å². The largest absolute Gasteiger partial charge is 0.493 e. The average Bonchev–Trinajstić information content (AvgIpc) is 2.30. The van der Waals surface area contributed by atoms with E-state index in [2.05, 4.69) is 65.1 Å². The van der Waals surface area contributed by atoms with Gasteiger partial charge in [0, 0.05) is 12.1 Å². The summed E-state index contributed by atoms with van der Waals surface area (Å²) >= 11 is 0. The van der Waals surface area contributed by atoms with Gasteiger partial charge >= 0.3 is 0 Å². The second-order valence-corrected chi connectivity index (χ2v) is 7.30. The Balaban J connectivity index is 2.60. The fourth-order valence-electron chi connectivity index (χ4n) is 1.95. The fourth-order valence-corrected chi connectivity index (χ4v) is 1.95. The van der Waals surface area contributed by atoms with Crippen LogP contribution in [-0.4, -0.2) is 13.2 Å². The molecule has 0 aliphatic heterocycles. The van der Waals surface area contributed by atoms with Crippen molar-refractivity contribution >= 4 is 0 Å². The van der Waals surface area contributed by atoms with E-state index in [4.69, 9.17) is 4.74 Å². The molecule has 0 aromatic heterocycles. The molecule has 0 fully saturated rings. The van der Waals surface area contributed by atoms with E-state index in [1.807, 2.05) is 0 Å². The monoisotopic (exact) mass is 277 g/mol. The maximum absolute atomic E-state index is 5.99. The third-order valence-electron chi connectivity index (χ3n) is 3.19. The molecule has 2 nitrogen and oxygen atoms in total. The van der Waals surface area contributed by atoms with Crippen LogP contribution in [0.25, 0.3) is 0 Å². The first-order valence-corrected chi connectivity index (χ1v) is 7.71. The Morgan fingerprint density at radius 3 is 2.50 bits per heavy atom. The highest BCUT2D eigenvalue weighted by atomic mass is 16.5. The highest BCUT2D eigenvalue weighted by Gasteiger charge is 2.11. The van der Waals surface area contributed by atoms with Gasteiger partial charge in [0.15, 0.2) is 0 Å². The second-order valence-electron chi connectivity index (χ2n) is 7.30. The number of nitrogens with one attached hydrogen (secondary N) is 1. The molecule has 20 heavy (non-hydrogen) atoms. The minimum absolute atomic E-state index is 0.320. The lowest BCUT2D eigenvalue weighted by Gasteiger charge is -2.19. The summed E-state index contributed by atoms with van der Waals surface area (Å²) in [6.07, 6.45) is 1.07. The van der Waals surface area contributed by atoms with E-state index in [0.29, 0.717) is 11.3 Å². The topological polar surface area (TPSA) is 21.3 Å². The summed E-state index contributed by atoms with van der Waals surface area (Å²) in [5.74, 6) is 1.70. The zero-order chi connectivity index (χ0) is 15.2. The van der Waals surface area contributed by atoms with Crippen LogP contribution in [0.3, 0.4) is 0 Å². The number of hydrogen-bond acceptors (Lipinski definition) is 2. The minimum Gasteiger partial charge on any atom is -0.493 e. The standard InChI is InChI=1S/C18H31NO/c1-14(2)12-19-13-16-11-15(3)7-8-17(16)20-10-9-18(4,5)6/h7-8,11,14,19H,9-10,12-13H2,1-6H3. The van der Waals surface area contributed by atoms with Crippen molar-refractivity contribution in [1.29, 1.82) is 0 Å². The van der Waals surface area contributed by atoms with E-state index < -0.39 is 0 Å². The molecule has 0 bridgehead atoms. The Morgan fingerprint density at radius 1 is 1.20 bits per heavy atom. The average molecular weight is 277 g/mol. The maximum atomic E-state index is 5.99. The molecule has 1 rings (SSSR count).